The molecule has 7 heteroatoms. The van der Waals surface area contributed by atoms with Gasteiger partial charge in [0.25, 0.3) is 0 Å². The first-order chi connectivity index (χ1) is 11.6. The van der Waals surface area contributed by atoms with Crippen molar-refractivity contribution in [2.75, 3.05) is 4.90 Å². The van der Waals surface area contributed by atoms with Crippen LogP contribution in [0.2, 0.25) is 0 Å². The molecule has 0 bridgehead atoms. The van der Waals surface area contributed by atoms with E-state index in [1.165, 1.54) is 23.1 Å². The molecule has 1 aromatic carbocycles. The van der Waals surface area contributed by atoms with Crippen LogP contribution in [0.4, 0.5) is 10.8 Å². The van der Waals surface area contributed by atoms with E-state index in [0.29, 0.717) is 16.0 Å². The molecule has 0 fully saturated rings. The Morgan fingerprint density at radius 3 is 2.75 bits per heavy atom. The van der Waals surface area contributed by atoms with Crippen LogP contribution in [0.15, 0.2) is 53.3 Å². The summed E-state index contributed by atoms with van der Waals surface area (Å²) in [6.45, 7) is 3.56. The third kappa shape index (κ3) is 3.98. The molecular formula is C17H16N4OS2. The predicted octanol–water partition coefficient (Wildman–Crippen LogP) is 4.22. The molecule has 3 aromatic rings. The molecule has 5 nitrogen and oxygen atoms in total. The number of aromatic nitrogens is 3. The molecule has 0 saturated heterocycles. The van der Waals surface area contributed by atoms with Crippen LogP contribution in [0.1, 0.15) is 18.2 Å². The average Bonchev–Trinajstić information content (AvgIpc) is 3.02. The van der Waals surface area contributed by atoms with E-state index in [2.05, 4.69) is 15.0 Å². The monoisotopic (exact) mass is 356 g/mol. The van der Waals surface area contributed by atoms with Crippen LogP contribution < -0.4 is 4.90 Å². The van der Waals surface area contributed by atoms with Crippen molar-refractivity contribution in [3.8, 4) is 0 Å². The summed E-state index contributed by atoms with van der Waals surface area (Å²) in [4.78, 5) is 26.7. The second-order valence-electron chi connectivity index (χ2n) is 5.13. The third-order valence-corrected chi connectivity index (χ3v) is 4.98. The van der Waals surface area contributed by atoms with Crippen molar-refractivity contribution in [2.45, 2.75) is 24.8 Å². The Morgan fingerprint density at radius 1 is 1.25 bits per heavy atom. The van der Waals surface area contributed by atoms with Crippen LogP contribution in [-0.2, 0) is 10.5 Å². The summed E-state index contributed by atoms with van der Waals surface area (Å²) >= 11 is 2.99. The number of amides is 1. The van der Waals surface area contributed by atoms with Gasteiger partial charge in [-0.15, -0.1) is 11.3 Å². The molecule has 0 radical (unpaired) electrons. The zero-order valence-corrected chi connectivity index (χ0v) is 15.0. The van der Waals surface area contributed by atoms with Gasteiger partial charge in [0.1, 0.15) is 0 Å². The Kier molecular flexibility index (Phi) is 5.22. The average molecular weight is 356 g/mol. The van der Waals surface area contributed by atoms with E-state index < -0.39 is 0 Å². The van der Waals surface area contributed by atoms with Crippen LogP contribution in [0.25, 0.3) is 0 Å². The van der Waals surface area contributed by atoms with E-state index in [0.717, 1.165) is 16.9 Å². The fraction of sp³-hybridized carbons (Fsp3) is 0.176. The highest BCUT2D eigenvalue weighted by molar-refractivity contribution is 7.98. The first-order valence-electron chi connectivity index (χ1n) is 7.35. The maximum Gasteiger partial charge on any atom is 0.230 e. The summed E-state index contributed by atoms with van der Waals surface area (Å²) in [5, 5.41) is 3.36. The standard InChI is InChI=1S/C17H16N4OS2/c1-12-5-3-6-15(9-12)21(13(2)22)17-20-14(11-24-17)10-23-16-18-7-4-8-19-16/h3-9,11H,10H2,1-2H3. The van der Waals surface area contributed by atoms with Gasteiger partial charge in [-0.25, -0.2) is 15.0 Å². The third-order valence-electron chi connectivity index (χ3n) is 3.20. The minimum atomic E-state index is -0.0551. The van der Waals surface area contributed by atoms with E-state index in [1.54, 1.807) is 30.3 Å². The number of hydrogen-bond acceptors (Lipinski definition) is 6. The predicted molar refractivity (Wildman–Crippen MR) is 97.7 cm³/mol. The van der Waals surface area contributed by atoms with Gasteiger partial charge in [-0.2, -0.15) is 0 Å². The SMILES string of the molecule is CC(=O)N(c1cccc(C)c1)c1nc(CSc2ncccn2)cs1. The summed E-state index contributed by atoms with van der Waals surface area (Å²) in [6.07, 6.45) is 3.44. The number of carbonyl (C=O) groups excluding carboxylic acids is 1. The molecule has 1 amide bonds. The first-order valence-corrected chi connectivity index (χ1v) is 9.21. The number of anilines is 2. The molecule has 0 N–H and O–H groups in total. The lowest BCUT2D eigenvalue weighted by atomic mass is 10.2. The van der Waals surface area contributed by atoms with Crippen molar-refractivity contribution in [1.29, 1.82) is 0 Å². The van der Waals surface area contributed by atoms with Crippen molar-refractivity contribution >= 4 is 39.8 Å². The van der Waals surface area contributed by atoms with Crippen LogP contribution >= 0.6 is 23.1 Å². The highest BCUT2D eigenvalue weighted by atomic mass is 32.2. The van der Waals surface area contributed by atoms with Gasteiger partial charge in [0.2, 0.25) is 5.91 Å². The molecule has 0 saturated carbocycles. The molecule has 2 aromatic heterocycles. The molecule has 0 spiro atoms. The summed E-state index contributed by atoms with van der Waals surface area (Å²) in [7, 11) is 0. The fourth-order valence-electron chi connectivity index (χ4n) is 2.16. The van der Waals surface area contributed by atoms with Crippen molar-refractivity contribution in [1.82, 2.24) is 15.0 Å². The first kappa shape index (κ1) is 16.6. The number of thioether (sulfide) groups is 1. The Labute approximate surface area is 148 Å². The molecule has 0 aliphatic rings. The van der Waals surface area contributed by atoms with Crippen LogP contribution in [-0.4, -0.2) is 20.9 Å². The molecule has 0 atom stereocenters. The van der Waals surface area contributed by atoms with Gasteiger partial charge in [0.05, 0.1) is 11.4 Å². The summed E-state index contributed by atoms with van der Waals surface area (Å²) in [5.74, 6) is 0.612. The summed E-state index contributed by atoms with van der Waals surface area (Å²) < 4.78 is 0. The van der Waals surface area contributed by atoms with Gasteiger partial charge in [-0.05, 0) is 30.7 Å². The maximum absolute atomic E-state index is 12.1. The molecule has 2 heterocycles. The number of carbonyl (C=O) groups is 1. The maximum atomic E-state index is 12.1. The number of thiazole rings is 1. The van der Waals surface area contributed by atoms with Crippen LogP contribution in [0.3, 0.4) is 0 Å². The van der Waals surface area contributed by atoms with Crippen molar-refractivity contribution in [2.24, 2.45) is 0 Å². The molecule has 24 heavy (non-hydrogen) atoms. The molecule has 3 rings (SSSR count). The van der Waals surface area contributed by atoms with E-state index in [9.17, 15) is 4.79 Å². The minimum Gasteiger partial charge on any atom is -0.274 e. The number of nitrogens with zero attached hydrogens (tertiary/aromatic N) is 4. The lowest BCUT2D eigenvalue weighted by Gasteiger charge is -2.18. The Bertz CT molecular complexity index is 835. The van der Waals surface area contributed by atoms with Gasteiger partial charge in [0, 0.05) is 30.5 Å². The van der Waals surface area contributed by atoms with Crippen molar-refractivity contribution in [3.05, 3.63) is 59.4 Å². The van der Waals surface area contributed by atoms with E-state index in [-0.39, 0.29) is 5.91 Å². The molecule has 122 valence electrons. The van der Waals surface area contributed by atoms with E-state index in [4.69, 9.17) is 0 Å². The lowest BCUT2D eigenvalue weighted by molar-refractivity contribution is -0.115. The number of hydrogen-bond donors (Lipinski definition) is 0. The zero-order valence-electron chi connectivity index (χ0n) is 13.3. The largest absolute Gasteiger partial charge is 0.274 e. The quantitative estimate of drug-likeness (QED) is 0.506. The number of benzene rings is 1. The van der Waals surface area contributed by atoms with Gasteiger partial charge in [-0.3, -0.25) is 9.69 Å². The van der Waals surface area contributed by atoms with Crippen LogP contribution in [0.5, 0.6) is 0 Å². The molecule has 0 aliphatic heterocycles. The lowest BCUT2D eigenvalue weighted by Crippen LogP contribution is -2.22. The van der Waals surface area contributed by atoms with Gasteiger partial charge < -0.3 is 0 Å². The Balaban J connectivity index is 1.78. The summed E-state index contributed by atoms with van der Waals surface area (Å²) in [6, 6.07) is 9.64. The van der Waals surface area contributed by atoms with Crippen LogP contribution in [0, 0.1) is 6.92 Å². The number of rotatable bonds is 5. The molecule has 0 aliphatic carbocycles. The smallest absolute Gasteiger partial charge is 0.230 e. The second-order valence-corrected chi connectivity index (χ2v) is 6.91. The molecule has 0 unspecified atom stereocenters. The van der Waals surface area contributed by atoms with Crippen molar-refractivity contribution < 1.29 is 4.79 Å². The number of aryl methyl sites for hydroxylation is 1. The molecular weight excluding hydrogens is 340 g/mol. The fourth-order valence-corrected chi connectivity index (χ4v) is 3.85. The minimum absolute atomic E-state index is 0.0551. The Hall–Kier alpha value is -2.25. The van der Waals surface area contributed by atoms with E-state index >= 15 is 0 Å². The topological polar surface area (TPSA) is 59.0 Å². The van der Waals surface area contributed by atoms with Gasteiger partial charge in [0.15, 0.2) is 10.3 Å². The zero-order chi connectivity index (χ0) is 16.9. The second kappa shape index (κ2) is 7.55. The highest BCUT2D eigenvalue weighted by Crippen LogP contribution is 2.31. The van der Waals surface area contributed by atoms with Gasteiger partial charge in [-0.1, -0.05) is 23.9 Å². The summed E-state index contributed by atoms with van der Waals surface area (Å²) in [5.41, 5.74) is 2.85. The van der Waals surface area contributed by atoms with Gasteiger partial charge >= 0.3 is 0 Å². The van der Waals surface area contributed by atoms with E-state index in [1.807, 2.05) is 36.6 Å². The Morgan fingerprint density at radius 2 is 2.04 bits per heavy atom. The normalized spacial score (nSPS) is 10.6. The van der Waals surface area contributed by atoms with Crippen molar-refractivity contribution in [3.63, 3.8) is 0 Å². The highest BCUT2D eigenvalue weighted by Gasteiger charge is 2.18.